The maximum atomic E-state index is 13.0. The van der Waals surface area contributed by atoms with Crippen molar-refractivity contribution in [2.75, 3.05) is 24.9 Å². The van der Waals surface area contributed by atoms with Gasteiger partial charge >= 0.3 is 0 Å². The third-order valence-corrected chi connectivity index (χ3v) is 6.27. The number of benzene rings is 2. The van der Waals surface area contributed by atoms with Crippen molar-refractivity contribution < 1.29 is 19.1 Å². The van der Waals surface area contributed by atoms with Gasteiger partial charge in [-0.2, -0.15) is 0 Å². The number of methoxy groups -OCH3 is 2. The second kappa shape index (κ2) is 8.77. The predicted molar refractivity (Wildman–Crippen MR) is 120 cm³/mol. The summed E-state index contributed by atoms with van der Waals surface area (Å²) in [5, 5.41) is 6.31. The largest absolute Gasteiger partial charge is 0.497 e. The van der Waals surface area contributed by atoms with Crippen molar-refractivity contribution in [3.8, 4) is 11.5 Å². The fourth-order valence-electron chi connectivity index (χ4n) is 3.59. The van der Waals surface area contributed by atoms with E-state index in [2.05, 4.69) is 15.6 Å². The highest BCUT2D eigenvalue weighted by molar-refractivity contribution is 7.16. The van der Waals surface area contributed by atoms with E-state index >= 15 is 0 Å². The molecule has 8 heteroatoms. The zero-order valence-electron chi connectivity index (χ0n) is 17.5. The van der Waals surface area contributed by atoms with Gasteiger partial charge in [-0.05, 0) is 61.7 Å². The van der Waals surface area contributed by atoms with Crippen LogP contribution in [0.25, 0.3) is 0 Å². The number of thiazole rings is 1. The smallest absolute Gasteiger partial charge is 0.257 e. The van der Waals surface area contributed by atoms with Gasteiger partial charge in [0.2, 0.25) is 5.91 Å². The van der Waals surface area contributed by atoms with Crippen LogP contribution in [0.5, 0.6) is 11.5 Å². The molecule has 1 aliphatic rings. The van der Waals surface area contributed by atoms with Crippen LogP contribution in [0.1, 0.15) is 38.8 Å². The highest BCUT2D eigenvalue weighted by atomic mass is 32.1. The summed E-state index contributed by atoms with van der Waals surface area (Å²) >= 11 is 1.42. The molecule has 1 aliphatic carbocycles. The third-order valence-electron chi connectivity index (χ3n) is 5.22. The van der Waals surface area contributed by atoms with Crippen molar-refractivity contribution in [3.63, 3.8) is 0 Å². The van der Waals surface area contributed by atoms with E-state index in [9.17, 15) is 9.59 Å². The number of nitrogens with zero attached hydrogens (tertiary/aromatic N) is 1. The van der Waals surface area contributed by atoms with E-state index in [0.717, 1.165) is 22.6 Å². The molecule has 0 bridgehead atoms. The van der Waals surface area contributed by atoms with Crippen LogP contribution in [0, 0.1) is 6.92 Å². The first kappa shape index (κ1) is 20.9. The molecule has 4 rings (SSSR count). The van der Waals surface area contributed by atoms with Crippen LogP contribution in [0.4, 0.5) is 10.8 Å². The molecule has 2 amide bonds. The highest BCUT2D eigenvalue weighted by Gasteiger charge is 2.33. The number of hydrogen-bond acceptors (Lipinski definition) is 6. The van der Waals surface area contributed by atoms with Crippen molar-refractivity contribution in [2.45, 2.75) is 25.7 Å². The molecule has 2 N–H and O–H groups in total. The molecule has 160 valence electrons. The van der Waals surface area contributed by atoms with E-state index in [1.54, 1.807) is 38.5 Å². The van der Waals surface area contributed by atoms with Crippen molar-refractivity contribution in [1.82, 2.24) is 4.98 Å². The van der Waals surface area contributed by atoms with E-state index in [1.165, 1.54) is 11.3 Å². The van der Waals surface area contributed by atoms with E-state index < -0.39 is 0 Å². The highest BCUT2D eigenvalue weighted by Crippen LogP contribution is 2.39. The molecule has 0 spiro atoms. The van der Waals surface area contributed by atoms with Gasteiger partial charge in [0.1, 0.15) is 11.5 Å². The minimum atomic E-state index is -0.358. The van der Waals surface area contributed by atoms with Crippen molar-refractivity contribution >= 4 is 34.0 Å². The van der Waals surface area contributed by atoms with Crippen LogP contribution in [-0.2, 0) is 11.2 Å². The van der Waals surface area contributed by atoms with Gasteiger partial charge in [0, 0.05) is 10.4 Å². The molecule has 0 unspecified atom stereocenters. The van der Waals surface area contributed by atoms with Gasteiger partial charge in [-0.25, -0.2) is 4.98 Å². The molecular formula is C23H23N3O4S. The monoisotopic (exact) mass is 437 g/mol. The summed E-state index contributed by atoms with van der Waals surface area (Å²) in [5.74, 6) is 0.566. The number of ether oxygens (including phenoxy) is 2. The Morgan fingerprint density at radius 3 is 2.55 bits per heavy atom. The number of amides is 2. The fourth-order valence-corrected chi connectivity index (χ4v) is 4.62. The Balaban J connectivity index is 1.47. The average Bonchev–Trinajstić information content (AvgIpc) is 3.34. The Bertz CT molecular complexity index is 1120. The van der Waals surface area contributed by atoms with Gasteiger partial charge < -0.3 is 14.8 Å². The van der Waals surface area contributed by atoms with Crippen molar-refractivity contribution in [1.29, 1.82) is 0 Å². The Morgan fingerprint density at radius 1 is 1.06 bits per heavy atom. The van der Waals surface area contributed by atoms with Gasteiger partial charge in [0.05, 0.1) is 31.5 Å². The van der Waals surface area contributed by atoms with Gasteiger partial charge in [-0.1, -0.05) is 6.07 Å². The van der Waals surface area contributed by atoms with Crippen LogP contribution in [-0.4, -0.2) is 31.0 Å². The number of carbonyl (C=O) groups is 2. The standard InChI is InChI=1S/C23H23N3O4S/c1-13-4-10-18(30-3)17(12-13)24-22(28)16-9-11-19-20(16)25-23(31-19)26-21(27)14-5-7-15(29-2)8-6-14/h4-8,10,12,16H,9,11H2,1-3H3,(H,24,28)(H,25,26,27)/t16-/m0/s1. The summed E-state index contributed by atoms with van der Waals surface area (Å²) in [6.07, 6.45) is 1.45. The van der Waals surface area contributed by atoms with E-state index in [0.29, 0.717) is 34.3 Å². The number of nitrogens with one attached hydrogen (secondary N) is 2. The van der Waals surface area contributed by atoms with Gasteiger partial charge in [-0.3, -0.25) is 14.9 Å². The number of rotatable bonds is 6. The van der Waals surface area contributed by atoms with Gasteiger partial charge in [-0.15, -0.1) is 11.3 Å². The maximum absolute atomic E-state index is 13.0. The molecule has 0 aliphatic heterocycles. The fraction of sp³-hybridized carbons (Fsp3) is 0.261. The van der Waals surface area contributed by atoms with E-state index in [1.807, 2.05) is 25.1 Å². The normalized spacial score (nSPS) is 14.6. The minimum Gasteiger partial charge on any atom is -0.497 e. The van der Waals surface area contributed by atoms with Crippen LogP contribution in [0.3, 0.4) is 0 Å². The minimum absolute atomic E-state index is 0.124. The van der Waals surface area contributed by atoms with Crippen molar-refractivity contribution in [2.24, 2.45) is 0 Å². The lowest BCUT2D eigenvalue weighted by Gasteiger charge is -2.14. The average molecular weight is 438 g/mol. The predicted octanol–water partition coefficient (Wildman–Crippen LogP) is 4.39. The van der Waals surface area contributed by atoms with E-state index in [4.69, 9.17) is 9.47 Å². The number of aryl methyl sites for hydroxylation is 2. The molecule has 31 heavy (non-hydrogen) atoms. The Morgan fingerprint density at radius 2 is 1.84 bits per heavy atom. The lowest BCUT2D eigenvalue weighted by Crippen LogP contribution is -2.20. The first-order valence-electron chi connectivity index (χ1n) is 9.89. The Labute approximate surface area is 184 Å². The molecule has 0 saturated carbocycles. The first-order valence-corrected chi connectivity index (χ1v) is 10.7. The maximum Gasteiger partial charge on any atom is 0.257 e. The second-order valence-electron chi connectivity index (χ2n) is 7.29. The topological polar surface area (TPSA) is 89.5 Å². The SMILES string of the molecule is COc1ccc(C(=O)Nc2nc3c(s2)CC[C@@H]3C(=O)Nc2cc(C)ccc2OC)cc1. The molecule has 0 fully saturated rings. The molecule has 0 radical (unpaired) electrons. The summed E-state index contributed by atoms with van der Waals surface area (Å²) in [7, 11) is 3.15. The van der Waals surface area contributed by atoms with Crippen LogP contribution >= 0.6 is 11.3 Å². The molecule has 1 heterocycles. The Hall–Kier alpha value is -3.39. The first-order chi connectivity index (χ1) is 15.0. The Kier molecular flexibility index (Phi) is 5.90. The number of fused-ring (bicyclic) bond motifs is 1. The molecular weight excluding hydrogens is 414 g/mol. The molecule has 1 atom stereocenters. The van der Waals surface area contributed by atoms with Crippen molar-refractivity contribution in [3.05, 3.63) is 64.2 Å². The number of anilines is 2. The van der Waals surface area contributed by atoms with Gasteiger partial charge in [0.25, 0.3) is 5.91 Å². The zero-order chi connectivity index (χ0) is 22.0. The number of carbonyl (C=O) groups excluding carboxylic acids is 2. The molecule has 2 aromatic carbocycles. The third kappa shape index (κ3) is 4.39. The van der Waals surface area contributed by atoms with Gasteiger partial charge in [0.15, 0.2) is 5.13 Å². The lowest BCUT2D eigenvalue weighted by atomic mass is 10.1. The summed E-state index contributed by atoms with van der Waals surface area (Å²) in [5.41, 5.74) is 2.92. The van der Waals surface area contributed by atoms with Crippen LogP contribution in [0.15, 0.2) is 42.5 Å². The number of hydrogen-bond donors (Lipinski definition) is 2. The zero-order valence-corrected chi connectivity index (χ0v) is 18.3. The van der Waals surface area contributed by atoms with Crippen LogP contribution in [0.2, 0.25) is 0 Å². The summed E-state index contributed by atoms with van der Waals surface area (Å²) in [4.78, 5) is 31.1. The van der Waals surface area contributed by atoms with E-state index in [-0.39, 0.29) is 17.7 Å². The quantitative estimate of drug-likeness (QED) is 0.597. The molecule has 1 aromatic heterocycles. The molecule has 7 nitrogen and oxygen atoms in total. The number of aromatic nitrogens is 1. The lowest BCUT2D eigenvalue weighted by molar-refractivity contribution is -0.117. The molecule has 3 aromatic rings. The summed E-state index contributed by atoms with van der Waals surface area (Å²) in [6, 6.07) is 12.5. The molecule has 0 saturated heterocycles. The summed E-state index contributed by atoms with van der Waals surface area (Å²) in [6.45, 7) is 1.96. The van der Waals surface area contributed by atoms with Crippen LogP contribution < -0.4 is 20.1 Å². The second-order valence-corrected chi connectivity index (χ2v) is 8.38. The summed E-state index contributed by atoms with van der Waals surface area (Å²) < 4.78 is 10.5.